The van der Waals surface area contributed by atoms with Gasteiger partial charge in [-0.25, -0.2) is 8.42 Å². The Kier molecular flexibility index (Phi) is 4.20. The minimum atomic E-state index is -3.49. The summed E-state index contributed by atoms with van der Waals surface area (Å²) in [4.78, 5) is 0.231. The number of methoxy groups -OCH3 is 1. The SMILES string of the molecule is COCCN(C1CC1)S(=O)(=O)c1ccc(C#N)cc1. The van der Waals surface area contributed by atoms with Gasteiger partial charge in [-0.3, -0.25) is 0 Å². The van der Waals surface area contributed by atoms with Crippen molar-refractivity contribution in [1.82, 2.24) is 4.31 Å². The van der Waals surface area contributed by atoms with Crippen LogP contribution in [0.15, 0.2) is 29.2 Å². The Morgan fingerprint density at radius 3 is 2.47 bits per heavy atom. The lowest BCUT2D eigenvalue weighted by Crippen LogP contribution is -2.35. The molecule has 0 aromatic heterocycles. The molecule has 1 fully saturated rings. The number of benzene rings is 1. The van der Waals surface area contributed by atoms with Crippen LogP contribution in [0, 0.1) is 11.3 Å². The molecule has 19 heavy (non-hydrogen) atoms. The average molecular weight is 280 g/mol. The van der Waals surface area contributed by atoms with Gasteiger partial charge in [-0.05, 0) is 37.1 Å². The van der Waals surface area contributed by atoms with E-state index in [1.54, 1.807) is 7.11 Å². The Balaban J connectivity index is 2.25. The monoisotopic (exact) mass is 280 g/mol. The number of hydrogen-bond donors (Lipinski definition) is 0. The number of rotatable bonds is 6. The lowest BCUT2D eigenvalue weighted by atomic mass is 10.2. The van der Waals surface area contributed by atoms with Crippen molar-refractivity contribution in [1.29, 1.82) is 5.26 Å². The number of nitriles is 1. The fraction of sp³-hybridized carbons (Fsp3) is 0.462. The maximum absolute atomic E-state index is 12.5. The molecule has 0 heterocycles. The van der Waals surface area contributed by atoms with E-state index in [0.717, 1.165) is 12.8 Å². The molecule has 1 aliphatic rings. The molecular weight excluding hydrogens is 264 g/mol. The molecule has 5 nitrogen and oxygen atoms in total. The second-order valence-corrected chi connectivity index (χ2v) is 6.37. The van der Waals surface area contributed by atoms with Gasteiger partial charge >= 0.3 is 0 Å². The first-order valence-electron chi connectivity index (χ1n) is 6.10. The Morgan fingerprint density at radius 1 is 1.37 bits per heavy atom. The summed E-state index contributed by atoms with van der Waals surface area (Å²) < 4.78 is 31.5. The summed E-state index contributed by atoms with van der Waals surface area (Å²) in [6.07, 6.45) is 1.80. The van der Waals surface area contributed by atoms with Gasteiger partial charge < -0.3 is 4.74 Å². The van der Waals surface area contributed by atoms with Crippen LogP contribution in [0.5, 0.6) is 0 Å². The van der Waals surface area contributed by atoms with E-state index in [1.807, 2.05) is 6.07 Å². The third kappa shape index (κ3) is 3.13. The van der Waals surface area contributed by atoms with Crippen LogP contribution in [0.3, 0.4) is 0 Å². The highest BCUT2D eigenvalue weighted by Gasteiger charge is 2.37. The van der Waals surface area contributed by atoms with Gasteiger partial charge in [-0.2, -0.15) is 9.57 Å². The van der Waals surface area contributed by atoms with Gasteiger partial charge in [0, 0.05) is 19.7 Å². The van der Waals surface area contributed by atoms with Crippen LogP contribution in [0.2, 0.25) is 0 Å². The standard InChI is InChI=1S/C13H16N2O3S/c1-18-9-8-15(12-4-5-12)19(16,17)13-6-2-11(10-14)3-7-13/h2-3,6-7,12H,4-5,8-9H2,1H3. The fourth-order valence-corrected chi connectivity index (χ4v) is 3.55. The molecule has 1 aromatic rings. The summed E-state index contributed by atoms with van der Waals surface area (Å²) in [6.45, 7) is 0.746. The normalized spacial score (nSPS) is 15.4. The number of ether oxygens (including phenoxy) is 1. The van der Waals surface area contributed by atoms with Gasteiger partial charge in [0.05, 0.1) is 23.1 Å². The summed E-state index contributed by atoms with van der Waals surface area (Å²) in [5.74, 6) is 0. The van der Waals surface area contributed by atoms with Gasteiger partial charge in [0.25, 0.3) is 0 Å². The van der Waals surface area contributed by atoms with E-state index in [0.29, 0.717) is 18.7 Å². The lowest BCUT2D eigenvalue weighted by molar-refractivity contribution is 0.177. The number of hydrogen-bond acceptors (Lipinski definition) is 4. The molecule has 0 saturated heterocycles. The van der Waals surface area contributed by atoms with Crippen LogP contribution in [-0.4, -0.2) is 39.0 Å². The molecule has 0 radical (unpaired) electrons. The van der Waals surface area contributed by atoms with E-state index in [9.17, 15) is 8.42 Å². The summed E-state index contributed by atoms with van der Waals surface area (Å²) in [6, 6.07) is 8.08. The van der Waals surface area contributed by atoms with Crippen LogP contribution in [0.4, 0.5) is 0 Å². The molecule has 6 heteroatoms. The Bertz CT molecular complexity index is 571. The summed E-state index contributed by atoms with van der Waals surface area (Å²) >= 11 is 0. The van der Waals surface area contributed by atoms with Crippen molar-refractivity contribution in [3.05, 3.63) is 29.8 Å². The van der Waals surface area contributed by atoms with E-state index in [-0.39, 0.29) is 10.9 Å². The largest absolute Gasteiger partial charge is 0.383 e. The second kappa shape index (κ2) is 5.70. The summed E-state index contributed by atoms with van der Waals surface area (Å²) in [7, 11) is -1.94. The minimum Gasteiger partial charge on any atom is -0.383 e. The first kappa shape index (κ1) is 14.0. The van der Waals surface area contributed by atoms with Gasteiger partial charge in [-0.1, -0.05) is 0 Å². The first-order chi connectivity index (χ1) is 9.09. The third-order valence-corrected chi connectivity index (χ3v) is 5.03. The zero-order valence-electron chi connectivity index (χ0n) is 10.7. The number of sulfonamides is 1. The predicted molar refractivity (Wildman–Crippen MR) is 69.9 cm³/mol. The van der Waals surface area contributed by atoms with Gasteiger partial charge in [-0.15, -0.1) is 0 Å². The maximum Gasteiger partial charge on any atom is 0.243 e. The molecule has 0 N–H and O–H groups in total. The molecule has 1 aromatic carbocycles. The predicted octanol–water partition coefficient (Wildman–Crippen LogP) is 1.36. The lowest BCUT2D eigenvalue weighted by Gasteiger charge is -2.21. The van der Waals surface area contributed by atoms with E-state index in [2.05, 4.69) is 0 Å². The molecule has 2 rings (SSSR count). The minimum absolute atomic E-state index is 0.0933. The third-order valence-electron chi connectivity index (χ3n) is 3.06. The van der Waals surface area contributed by atoms with Gasteiger partial charge in [0.15, 0.2) is 0 Å². The Morgan fingerprint density at radius 2 is 2.00 bits per heavy atom. The van der Waals surface area contributed by atoms with E-state index >= 15 is 0 Å². The van der Waals surface area contributed by atoms with Crippen molar-refractivity contribution in [2.45, 2.75) is 23.8 Å². The van der Waals surface area contributed by atoms with E-state index in [4.69, 9.17) is 10.00 Å². The topological polar surface area (TPSA) is 70.4 Å². The smallest absolute Gasteiger partial charge is 0.243 e. The zero-order valence-corrected chi connectivity index (χ0v) is 11.6. The van der Waals surface area contributed by atoms with Crippen LogP contribution in [0.25, 0.3) is 0 Å². The molecule has 1 aliphatic carbocycles. The van der Waals surface area contributed by atoms with E-state index < -0.39 is 10.0 Å². The maximum atomic E-state index is 12.5. The quantitative estimate of drug-likeness (QED) is 0.789. The molecule has 0 bridgehead atoms. The van der Waals surface area contributed by atoms with E-state index in [1.165, 1.54) is 28.6 Å². The first-order valence-corrected chi connectivity index (χ1v) is 7.54. The highest BCUT2D eigenvalue weighted by Crippen LogP contribution is 2.31. The Labute approximate surface area is 113 Å². The molecule has 0 aliphatic heterocycles. The van der Waals surface area contributed by atoms with Crippen molar-refractivity contribution in [3.63, 3.8) is 0 Å². The van der Waals surface area contributed by atoms with Crippen molar-refractivity contribution >= 4 is 10.0 Å². The van der Waals surface area contributed by atoms with Crippen LogP contribution in [0.1, 0.15) is 18.4 Å². The molecular formula is C13H16N2O3S. The van der Waals surface area contributed by atoms with Crippen molar-refractivity contribution in [2.24, 2.45) is 0 Å². The van der Waals surface area contributed by atoms with Crippen molar-refractivity contribution < 1.29 is 13.2 Å². The van der Waals surface area contributed by atoms with Crippen LogP contribution < -0.4 is 0 Å². The van der Waals surface area contributed by atoms with Gasteiger partial charge in [0.1, 0.15) is 0 Å². The molecule has 0 unspecified atom stereocenters. The fourth-order valence-electron chi connectivity index (χ4n) is 1.88. The zero-order chi connectivity index (χ0) is 13.9. The average Bonchev–Trinajstić information content (AvgIpc) is 3.23. The second-order valence-electron chi connectivity index (χ2n) is 4.48. The molecule has 0 spiro atoms. The molecule has 0 atom stereocenters. The summed E-state index contributed by atoms with van der Waals surface area (Å²) in [5.41, 5.74) is 0.453. The van der Waals surface area contributed by atoms with Crippen LogP contribution in [-0.2, 0) is 14.8 Å². The Hall–Kier alpha value is -1.42. The summed E-state index contributed by atoms with van der Waals surface area (Å²) in [5, 5.41) is 8.73. The molecule has 1 saturated carbocycles. The van der Waals surface area contributed by atoms with Crippen LogP contribution >= 0.6 is 0 Å². The highest BCUT2D eigenvalue weighted by molar-refractivity contribution is 7.89. The number of nitrogens with zero attached hydrogens (tertiary/aromatic N) is 2. The molecule has 0 amide bonds. The van der Waals surface area contributed by atoms with Crippen molar-refractivity contribution in [3.8, 4) is 6.07 Å². The molecule has 102 valence electrons. The van der Waals surface area contributed by atoms with Crippen molar-refractivity contribution in [2.75, 3.05) is 20.3 Å². The highest BCUT2D eigenvalue weighted by atomic mass is 32.2. The van der Waals surface area contributed by atoms with Gasteiger partial charge in [0.2, 0.25) is 10.0 Å².